The molecule has 0 amide bonds. The summed E-state index contributed by atoms with van der Waals surface area (Å²) in [6.07, 6.45) is 10.2. The predicted molar refractivity (Wildman–Crippen MR) is 219 cm³/mol. The van der Waals surface area contributed by atoms with E-state index in [1.165, 1.54) is 128 Å². The van der Waals surface area contributed by atoms with E-state index in [-0.39, 0.29) is 10.8 Å². The molecule has 0 aliphatic heterocycles. The Hall–Kier alpha value is -5.46. The first-order chi connectivity index (χ1) is 25.7. The van der Waals surface area contributed by atoms with Crippen LogP contribution in [0.4, 0.5) is 0 Å². The average Bonchev–Trinajstić information content (AvgIpc) is 4.01. The lowest BCUT2D eigenvalue weighted by atomic mass is 9.76. The van der Waals surface area contributed by atoms with Crippen LogP contribution in [-0.2, 0) is 10.8 Å². The smallest absolute Gasteiger partial charge is 0.0215 e. The van der Waals surface area contributed by atoms with Crippen LogP contribution in [0.5, 0.6) is 0 Å². The maximum atomic E-state index is 2.58. The summed E-state index contributed by atoms with van der Waals surface area (Å²) in [6, 6.07) is 56.6. The van der Waals surface area contributed by atoms with E-state index in [0.29, 0.717) is 0 Å². The minimum atomic E-state index is 0.155. The molecule has 0 nitrogen and oxygen atoms in total. The number of hydrogen-bond donors (Lipinski definition) is 0. The maximum absolute atomic E-state index is 2.58. The van der Waals surface area contributed by atoms with Crippen LogP contribution in [0.2, 0.25) is 0 Å². The normalized spacial score (nSPS) is 17.3. The highest BCUT2D eigenvalue weighted by molar-refractivity contribution is 6.25. The van der Waals surface area contributed by atoms with Crippen molar-refractivity contribution in [2.24, 2.45) is 0 Å². The first-order valence-electron chi connectivity index (χ1n) is 19.6. The van der Waals surface area contributed by atoms with Gasteiger partial charge in [-0.2, -0.15) is 0 Å². The van der Waals surface area contributed by atoms with Gasteiger partial charge in [0.05, 0.1) is 0 Å². The van der Waals surface area contributed by atoms with Gasteiger partial charge in [0.15, 0.2) is 0 Å². The molecular formula is C52H40. The van der Waals surface area contributed by atoms with Gasteiger partial charge in [0.2, 0.25) is 0 Å². The Morgan fingerprint density at radius 3 is 1.15 bits per heavy atom. The lowest BCUT2D eigenvalue weighted by Gasteiger charge is -2.27. The van der Waals surface area contributed by atoms with Crippen LogP contribution >= 0.6 is 0 Å². The third kappa shape index (κ3) is 3.73. The molecule has 0 N–H and O–H groups in total. The van der Waals surface area contributed by atoms with Gasteiger partial charge in [0.25, 0.3) is 0 Å². The largest absolute Gasteiger partial charge is 0.0619 e. The molecule has 0 heterocycles. The SMILES string of the molecule is c1ccc2c(c1)-c1ccc(-c3cc4cc(-c5ccc6c(c5)C5(CCCC5)c5ccccc5-6)c5ccccc5c4c4ccccc34)cc1C21CCCC1. The van der Waals surface area contributed by atoms with E-state index in [0.717, 1.165) is 0 Å². The highest BCUT2D eigenvalue weighted by atomic mass is 14.5. The van der Waals surface area contributed by atoms with E-state index in [1.807, 2.05) is 0 Å². The Balaban J connectivity index is 1.10. The summed E-state index contributed by atoms with van der Waals surface area (Å²) >= 11 is 0. The first-order valence-corrected chi connectivity index (χ1v) is 19.6. The summed E-state index contributed by atoms with van der Waals surface area (Å²) in [5.74, 6) is 0. The molecule has 0 heteroatoms. The van der Waals surface area contributed by atoms with Crippen molar-refractivity contribution in [2.75, 3.05) is 0 Å². The van der Waals surface area contributed by atoms with Crippen LogP contribution in [0, 0.1) is 0 Å². The summed E-state index contributed by atoms with van der Waals surface area (Å²) in [7, 11) is 0. The molecule has 248 valence electrons. The molecule has 12 rings (SSSR count). The highest BCUT2D eigenvalue weighted by Gasteiger charge is 2.46. The van der Waals surface area contributed by atoms with E-state index in [2.05, 4.69) is 146 Å². The molecule has 8 aromatic carbocycles. The van der Waals surface area contributed by atoms with Gasteiger partial charge < -0.3 is 0 Å². The van der Waals surface area contributed by atoms with Crippen molar-refractivity contribution in [1.82, 2.24) is 0 Å². The Morgan fingerprint density at radius 2 is 0.692 bits per heavy atom. The number of benzene rings is 8. The molecule has 2 saturated carbocycles. The molecule has 0 radical (unpaired) electrons. The third-order valence-corrected chi connectivity index (χ3v) is 13.9. The van der Waals surface area contributed by atoms with E-state index < -0.39 is 0 Å². The molecule has 4 aliphatic rings. The average molecular weight is 665 g/mol. The third-order valence-electron chi connectivity index (χ3n) is 13.9. The van der Waals surface area contributed by atoms with Crippen LogP contribution in [0.3, 0.4) is 0 Å². The zero-order valence-electron chi connectivity index (χ0n) is 29.5. The molecule has 0 unspecified atom stereocenters. The van der Waals surface area contributed by atoms with Crippen molar-refractivity contribution in [1.29, 1.82) is 0 Å². The van der Waals surface area contributed by atoms with Crippen molar-refractivity contribution in [3.8, 4) is 44.5 Å². The maximum Gasteiger partial charge on any atom is 0.0215 e. The van der Waals surface area contributed by atoms with Gasteiger partial charge in [-0.25, -0.2) is 0 Å². The molecule has 4 aliphatic carbocycles. The van der Waals surface area contributed by atoms with Gasteiger partial charge in [-0.1, -0.05) is 147 Å². The molecule has 0 saturated heterocycles. The summed E-state index contributed by atoms with van der Waals surface area (Å²) in [5.41, 5.74) is 17.6. The Kier molecular flexibility index (Phi) is 5.91. The molecule has 0 aromatic heterocycles. The van der Waals surface area contributed by atoms with Crippen LogP contribution in [-0.4, -0.2) is 0 Å². The van der Waals surface area contributed by atoms with Gasteiger partial charge in [0.1, 0.15) is 0 Å². The number of rotatable bonds is 2. The molecule has 52 heavy (non-hydrogen) atoms. The minimum Gasteiger partial charge on any atom is -0.0619 e. The molecule has 8 aromatic rings. The molecule has 0 atom stereocenters. The zero-order valence-corrected chi connectivity index (χ0v) is 29.5. The Labute approximate surface area is 305 Å². The van der Waals surface area contributed by atoms with E-state index in [1.54, 1.807) is 22.3 Å². The van der Waals surface area contributed by atoms with Crippen molar-refractivity contribution < 1.29 is 0 Å². The quantitative estimate of drug-likeness (QED) is 0.161. The number of fused-ring (bicyclic) bond motifs is 15. The Morgan fingerprint density at radius 1 is 0.308 bits per heavy atom. The van der Waals surface area contributed by atoms with Gasteiger partial charge >= 0.3 is 0 Å². The Bertz CT molecular complexity index is 2610. The first kappa shape index (κ1) is 29.2. The molecule has 2 spiro atoms. The van der Waals surface area contributed by atoms with Gasteiger partial charge in [-0.3, -0.25) is 0 Å². The van der Waals surface area contributed by atoms with Crippen molar-refractivity contribution in [2.45, 2.75) is 62.2 Å². The standard InChI is InChI=1S/C52H40/c1-3-17-42-36(13-1)44(33-21-23-40-38-15-5-7-19-46(38)51(48(40)31-33)25-9-10-26-51)29-35-30-45(37-14-2-4-18-43(37)50(35)42)34-22-24-41-39-16-6-8-20-47(39)52(49(41)32-34)27-11-12-28-52/h1-8,13-24,29-32H,9-12,25-28H2. The summed E-state index contributed by atoms with van der Waals surface area (Å²) in [5, 5.41) is 8.03. The van der Waals surface area contributed by atoms with Crippen molar-refractivity contribution >= 4 is 32.3 Å². The van der Waals surface area contributed by atoms with E-state index in [4.69, 9.17) is 0 Å². The van der Waals surface area contributed by atoms with Crippen LogP contribution in [0.15, 0.2) is 146 Å². The second-order valence-corrected chi connectivity index (χ2v) is 16.2. The van der Waals surface area contributed by atoms with E-state index >= 15 is 0 Å². The van der Waals surface area contributed by atoms with Crippen molar-refractivity contribution in [3.05, 3.63) is 168 Å². The van der Waals surface area contributed by atoms with Crippen LogP contribution in [0.1, 0.15) is 73.6 Å². The van der Waals surface area contributed by atoms with Crippen LogP contribution in [0.25, 0.3) is 76.8 Å². The molecule has 0 bridgehead atoms. The molecular weight excluding hydrogens is 625 g/mol. The van der Waals surface area contributed by atoms with Gasteiger partial charge in [-0.15, -0.1) is 0 Å². The minimum absolute atomic E-state index is 0.155. The summed E-state index contributed by atoms with van der Waals surface area (Å²) in [4.78, 5) is 0. The fourth-order valence-corrected chi connectivity index (χ4v) is 11.7. The second-order valence-electron chi connectivity index (χ2n) is 16.2. The highest BCUT2D eigenvalue weighted by Crippen LogP contribution is 2.59. The lowest BCUT2D eigenvalue weighted by Crippen LogP contribution is -2.20. The topological polar surface area (TPSA) is 0 Å². The fourth-order valence-electron chi connectivity index (χ4n) is 11.7. The fraction of sp³-hybridized carbons (Fsp3) is 0.192. The van der Waals surface area contributed by atoms with Gasteiger partial charge in [-0.05, 0) is 149 Å². The van der Waals surface area contributed by atoms with Crippen molar-refractivity contribution in [3.63, 3.8) is 0 Å². The summed E-state index contributed by atoms with van der Waals surface area (Å²) in [6.45, 7) is 0. The molecule has 2 fully saturated rings. The van der Waals surface area contributed by atoms with Crippen LogP contribution < -0.4 is 0 Å². The predicted octanol–water partition coefficient (Wildman–Crippen LogP) is 14.2. The number of hydrogen-bond acceptors (Lipinski definition) is 0. The monoisotopic (exact) mass is 664 g/mol. The second kappa shape index (κ2) is 10.5. The van der Waals surface area contributed by atoms with Gasteiger partial charge in [0, 0.05) is 10.8 Å². The zero-order chi connectivity index (χ0) is 34.0. The summed E-state index contributed by atoms with van der Waals surface area (Å²) < 4.78 is 0. The van der Waals surface area contributed by atoms with E-state index in [9.17, 15) is 0 Å². The lowest BCUT2D eigenvalue weighted by molar-refractivity contribution is 0.550.